The van der Waals surface area contributed by atoms with Crippen molar-refractivity contribution in [2.24, 2.45) is 0 Å². The van der Waals surface area contributed by atoms with Gasteiger partial charge >= 0.3 is 0 Å². The van der Waals surface area contributed by atoms with Crippen molar-refractivity contribution >= 4 is 21.8 Å². The van der Waals surface area contributed by atoms with Crippen molar-refractivity contribution < 1.29 is 4.39 Å². The molecular formula is C15H10FN3. The van der Waals surface area contributed by atoms with E-state index in [4.69, 9.17) is 0 Å². The van der Waals surface area contributed by atoms with Crippen LogP contribution >= 0.6 is 0 Å². The van der Waals surface area contributed by atoms with Crippen molar-refractivity contribution in [3.63, 3.8) is 0 Å². The van der Waals surface area contributed by atoms with Crippen molar-refractivity contribution in [3.05, 3.63) is 54.3 Å². The molecule has 19 heavy (non-hydrogen) atoms. The van der Waals surface area contributed by atoms with Gasteiger partial charge in [0.05, 0.1) is 11.2 Å². The van der Waals surface area contributed by atoms with Gasteiger partial charge in [-0.2, -0.15) is 5.10 Å². The van der Waals surface area contributed by atoms with E-state index in [1.807, 2.05) is 30.3 Å². The third kappa shape index (κ3) is 1.53. The quantitative estimate of drug-likeness (QED) is 0.530. The number of nitrogens with one attached hydrogen (secondary N) is 2. The maximum atomic E-state index is 13.4. The summed E-state index contributed by atoms with van der Waals surface area (Å²) in [4.78, 5) is 3.30. The molecule has 2 aromatic carbocycles. The largest absolute Gasteiger partial charge is 0.353 e. The van der Waals surface area contributed by atoms with Gasteiger partial charge in [0.1, 0.15) is 11.5 Å². The molecule has 0 spiro atoms. The van der Waals surface area contributed by atoms with Crippen LogP contribution in [0, 0.1) is 5.82 Å². The Balaban J connectivity index is 2.00. The van der Waals surface area contributed by atoms with E-state index >= 15 is 0 Å². The van der Waals surface area contributed by atoms with E-state index in [0.29, 0.717) is 0 Å². The van der Waals surface area contributed by atoms with Gasteiger partial charge in [0.15, 0.2) is 0 Å². The molecule has 4 heteroatoms. The van der Waals surface area contributed by atoms with Crippen LogP contribution in [-0.2, 0) is 0 Å². The van der Waals surface area contributed by atoms with Gasteiger partial charge in [0.25, 0.3) is 0 Å². The standard InChI is InChI=1S/C15H10FN3/c16-10-5-6-13-11(8-10)15(19-18-13)14-7-9-3-1-2-4-12(9)17-14/h1-8,17H,(H,18,19). The molecule has 0 atom stereocenters. The highest BCUT2D eigenvalue weighted by Gasteiger charge is 2.11. The Morgan fingerprint density at radius 3 is 2.74 bits per heavy atom. The minimum atomic E-state index is -0.258. The highest BCUT2D eigenvalue weighted by Crippen LogP contribution is 2.28. The molecule has 0 aliphatic heterocycles. The molecule has 2 aromatic heterocycles. The Bertz CT molecular complexity index is 856. The average molecular weight is 251 g/mol. The van der Waals surface area contributed by atoms with Crippen molar-refractivity contribution in [1.29, 1.82) is 0 Å². The van der Waals surface area contributed by atoms with Crippen molar-refractivity contribution in [2.45, 2.75) is 0 Å². The number of para-hydroxylation sites is 1. The van der Waals surface area contributed by atoms with Crippen LogP contribution in [0.5, 0.6) is 0 Å². The summed E-state index contributed by atoms with van der Waals surface area (Å²) >= 11 is 0. The van der Waals surface area contributed by atoms with Crippen LogP contribution in [0.4, 0.5) is 4.39 Å². The van der Waals surface area contributed by atoms with E-state index in [0.717, 1.165) is 33.2 Å². The van der Waals surface area contributed by atoms with Gasteiger partial charge in [-0.15, -0.1) is 0 Å². The minimum Gasteiger partial charge on any atom is -0.353 e. The van der Waals surface area contributed by atoms with E-state index < -0.39 is 0 Å². The highest BCUT2D eigenvalue weighted by molar-refractivity contribution is 5.95. The normalized spacial score (nSPS) is 11.4. The molecule has 0 saturated carbocycles. The second-order valence-corrected chi connectivity index (χ2v) is 4.53. The first-order chi connectivity index (χ1) is 9.31. The lowest BCUT2D eigenvalue weighted by Crippen LogP contribution is -1.78. The second-order valence-electron chi connectivity index (χ2n) is 4.53. The number of rotatable bonds is 1. The van der Waals surface area contributed by atoms with Gasteiger partial charge < -0.3 is 4.98 Å². The van der Waals surface area contributed by atoms with Gasteiger partial charge in [-0.3, -0.25) is 5.10 Å². The van der Waals surface area contributed by atoms with E-state index in [1.165, 1.54) is 12.1 Å². The number of aromatic amines is 2. The van der Waals surface area contributed by atoms with Crippen molar-refractivity contribution in [1.82, 2.24) is 15.2 Å². The summed E-state index contributed by atoms with van der Waals surface area (Å²) in [5, 5.41) is 9.10. The molecule has 0 bridgehead atoms. The molecule has 4 rings (SSSR count). The lowest BCUT2D eigenvalue weighted by atomic mass is 10.1. The second kappa shape index (κ2) is 3.68. The lowest BCUT2D eigenvalue weighted by Gasteiger charge is -1.93. The average Bonchev–Trinajstić information content (AvgIpc) is 3.00. The molecule has 0 fully saturated rings. The molecular weight excluding hydrogens is 241 g/mol. The molecule has 4 aromatic rings. The molecule has 3 nitrogen and oxygen atoms in total. The fraction of sp³-hybridized carbons (Fsp3) is 0. The topological polar surface area (TPSA) is 44.5 Å². The molecule has 92 valence electrons. The molecule has 0 amide bonds. The first-order valence-corrected chi connectivity index (χ1v) is 6.03. The molecule has 0 aliphatic carbocycles. The first kappa shape index (κ1) is 10.3. The first-order valence-electron chi connectivity index (χ1n) is 6.03. The Morgan fingerprint density at radius 2 is 1.84 bits per heavy atom. The Labute approximate surface area is 108 Å². The van der Waals surface area contributed by atoms with Gasteiger partial charge in [-0.1, -0.05) is 18.2 Å². The van der Waals surface area contributed by atoms with Crippen LogP contribution in [0.2, 0.25) is 0 Å². The number of hydrogen-bond acceptors (Lipinski definition) is 1. The molecule has 0 radical (unpaired) electrons. The number of aromatic nitrogens is 3. The van der Waals surface area contributed by atoms with E-state index in [1.54, 1.807) is 6.07 Å². The van der Waals surface area contributed by atoms with Crippen LogP contribution in [-0.4, -0.2) is 15.2 Å². The van der Waals surface area contributed by atoms with Gasteiger partial charge in [-0.25, -0.2) is 4.39 Å². The monoisotopic (exact) mass is 251 g/mol. The summed E-state index contributed by atoms with van der Waals surface area (Å²) < 4.78 is 13.4. The predicted octanol–water partition coefficient (Wildman–Crippen LogP) is 3.85. The zero-order valence-electron chi connectivity index (χ0n) is 9.94. The number of benzene rings is 2. The summed E-state index contributed by atoms with van der Waals surface area (Å²) in [7, 11) is 0. The summed E-state index contributed by atoms with van der Waals surface area (Å²) in [6, 6.07) is 14.7. The van der Waals surface area contributed by atoms with Gasteiger partial charge in [0.2, 0.25) is 0 Å². The minimum absolute atomic E-state index is 0.258. The number of H-pyrrole nitrogens is 2. The van der Waals surface area contributed by atoms with E-state index in [2.05, 4.69) is 15.2 Å². The molecule has 2 heterocycles. The van der Waals surface area contributed by atoms with Crippen LogP contribution in [0.25, 0.3) is 33.2 Å². The zero-order valence-corrected chi connectivity index (χ0v) is 9.94. The van der Waals surface area contributed by atoms with Crippen LogP contribution in [0.3, 0.4) is 0 Å². The predicted molar refractivity (Wildman–Crippen MR) is 73.3 cm³/mol. The van der Waals surface area contributed by atoms with Crippen molar-refractivity contribution in [3.8, 4) is 11.4 Å². The molecule has 2 N–H and O–H groups in total. The number of hydrogen-bond donors (Lipinski definition) is 2. The molecule has 0 aliphatic rings. The maximum absolute atomic E-state index is 13.4. The highest BCUT2D eigenvalue weighted by atomic mass is 19.1. The number of halogens is 1. The van der Waals surface area contributed by atoms with Crippen LogP contribution < -0.4 is 0 Å². The van der Waals surface area contributed by atoms with Crippen LogP contribution in [0.15, 0.2) is 48.5 Å². The zero-order chi connectivity index (χ0) is 12.8. The van der Waals surface area contributed by atoms with Crippen LogP contribution in [0.1, 0.15) is 0 Å². The molecule has 0 unspecified atom stereocenters. The lowest BCUT2D eigenvalue weighted by molar-refractivity contribution is 0.630. The number of nitrogens with zero attached hydrogens (tertiary/aromatic N) is 1. The summed E-state index contributed by atoms with van der Waals surface area (Å²) in [5.41, 5.74) is 3.50. The number of fused-ring (bicyclic) bond motifs is 2. The summed E-state index contributed by atoms with van der Waals surface area (Å²) in [6.07, 6.45) is 0. The Kier molecular flexibility index (Phi) is 2.00. The summed E-state index contributed by atoms with van der Waals surface area (Å²) in [6.45, 7) is 0. The maximum Gasteiger partial charge on any atom is 0.124 e. The fourth-order valence-corrected chi connectivity index (χ4v) is 2.39. The van der Waals surface area contributed by atoms with Crippen molar-refractivity contribution in [2.75, 3.05) is 0 Å². The third-order valence-corrected chi connectivity index (χ3v) is 3.31. The third-order valence-electron chi connectivity index (χ3n) is 3.31. The van der Waals surface area contributed by atoms with E-state index in [-0.39, 0.29) is 5.82 Å². The smallest absolute Gasteiger partial charge is 0.124 e. The van der Waals surface area contributed by atoms with E-state index in [9.17, 15) is 4.39 Å². The molecule has 0 saturated heterocycles. The fourth-order valence-electron chi connectivity index (χ4n) is 2.39. The SMILES string of the molecule is Fc1ccc2[nH]nc(-c3cc4ccccc4[nH]3)c2c1. The Hall–Kier alpha value is -2.62. The van der Waals surface area contributed by atoms with Gasteiger partial charge in [0, 0.05) is 16.3 Å². The summed E-state index contributed by atoms with van der Waals surface area (Å²) in [5.74, 6) is -0.258. The Morgan fingerprint density at radius 1 is 0.947 bits per heavy atom. The van der Waals surface area contributed by atoms with Gasteiger partial charge in [-0.05, 0) is 30.3 Å².